The van der Waals surface area contributed by atoms with Gasteiger partial charge >= 0.3 is 0 Å². The first-order valence-corrected chi connectivity index (χ1v) is 6.75. The minimum absolute atomic E-state index is 0.574. The Morgan fingerprint density at radius 1 is 1.21 bits per heavy atom. The van der Waals surface area contributed by atoms with E-state index in [4.69, 9.17) is 0 Å². The summed E-state index contributed by atoms with van der Waals surface area (Å²) in [6, 6.07) is 10.1. The molecule has 1 unspecified atom stereocenters. The molecule has 0 bridgehead atoms. The highest BCUT2D eigenvalue weighted by Gasteiger charge is 2.25. The van der Waals surface area contributed by atoms with Crippen molar-refractivity contribution < 1.29 is 5.11 Å². The van der Waals surface area contributed by atoms with Crippen LogP contribution >= 0.6 is 0 Å². The van der Waals surface area contributed by atoms with E-state index >= 15 is 0 Å². The number of aliphatic hydroxyl groups is 1. The van der Waals surface area contributed by atoms with Crippen molar-refractivity contribution in [3.8, 4) is 0 Å². The molecule has 1 atom stereocenters. The molecule has 0 fully saturated rings. The number of hydrogen-bond donors (Lipinski definition) is 1. The number of aryl methyl sites for hydroxylation is 3. The van der Waals surface area contributed by atoms with Crippen molar-refractivity contribution in [3.63, 3.8) is 0 Å². The molecule has 19 heavy (non-hydrogen) atoms. The average molecular weight is 258 g/mol. The molecule has 0 spiro atoms. The summed E-state index contributed by atoms with van der Waals surface area (Å²) in [6.07, 6.45) is 0.574. The van der Waals surface area contributed by atoms with E-state index in [1.165, 1.54) is 5.56 Å². The van der Waals surface area contributed by atoms with Crippen LogP contribution in [0.4, 0.5) is 0 Å². The van der Waals surface area contributed by atoms with Gasteiger partial charge in [0.05, 0.1) is 11.3 Å². The van der Waals surface area contributed by atoms with Crippen LogP contribution in [0.15, 0.2) is 30.3 Å². The van der Waals surface area contributed by atoms with Gasteiger partial charge in [-0.3, -0.25) is 4.68 Å². The second-order valence-electron chi connectivity index (χ2n) is 5.41. The number of benzene rings is 1. The molecule has 0 aliphatic heterocycles. The molecule has 0 amide bonds. The van der Waals surface area contributed by atoms with E-state index in [-0.39, 0.29) is 0 Å². The van der Waals surface area contributed by atoms with Crippen LogP contribution < -0.4 is 0 Å². The summed E-state index contributed by atoms with van der Waals surface area (Å²) >= 11 is 0. The van der Waals surface area contributed by atoms with Crippen LogP contribution in [0.2, 0.25) is 0 Å². The van der Waals surface area contributed by atoms with Crippen molar-refractivity contribution >= 4 is 0 Å². The first-order valence-electron chi connectivity index (χ1n) is 6.75. The SMILES string of the molecule is CCn1nc(C)cc1CC(C)(O)c1ccc(C)cc1. The standard InChI is InChI=1S/C16H22N2O/c1-5-18-15(10-13(3)17-18)11-16(4,19)14-8-6-12(2)7-9-14/h6-10,19H,5,11H2,1-4H3. The molecule has 0 saturated heterocycles. The normalized spacial score (nSPS) is 14.4. The summed E-state index contributed by atoms with van der Waals surface area (Å²) in [5, 5.41) is 15.1. The molecule has 0 radical (unpaired) electrons. The molecular formula is C16H22N2O. The summed E-state index contributed by atoms with van der Waals surface area (Å²) in [5.41, 5.74) is 3.35. The Morgan fingerprint density at radius 2 is 1.84 bits per heavy atom. The van der Waals surface area contributed by atoms with E-state index in [9.17, 15) is 5.11 Å². The van der Waals surface area contributed by atoms with Crippen LogP contribution in [0.5, 0.6) is 0 Å². The fourth-order valence-corrected chi connectivity index (χ4v) is 2.38. The van der Waals surface area contributed by atoms with Gasteiger partial charge in [-0.05, 0) is 39.3 Å². The van der Waals surface area contributed by atoms with Crippen LogP contribution in [0.1, 0.15) is 36.4 Å². The molecule has 0 aliphatic rings. The Bertz CT molecular complexity index is 553. The molecular weight excluding hydrogens is 236 g/mol. The van der Waals surface area contributed by atoms with Crippen molar-refractivity contribution in [3.05, 3.63) is 52.8 Å². The Balaban J connectivity index is 2.27. The fraction of sp³-hybridized carbons (Fsp3) is 0.438. The average Bonchev–Trinajstić information content (AvgIpc) is 2.69. The Morgan fingerprint density at radius 3 is 2.42 bits per heavy atom. The van der Waals surface area contributed by atoms with Gasteiger partial charge in [0, 0.05) is 18.7 Å². The van der Waals surface area contributed by atoms with Crippen LogP contribution in [0.3, 0.4) is 0 Å². The van der Waals surface area contributed by atoms with E-state index in [0.29, 0.717) is 6.42 Å². The van der Waals surface area contributed by atoms with Crippen LogP contribution in [-0.2, 0) is 18.6 Å². The first-order chi connectivity index (χ1) is 8.92. The van der Waals surface area contributed by atoms with E-state index in [1.807, 2.05) is 55.8 Å². The van der Waals surface area contributed by atoms with Gasteiger partial charge in [-0.15, -0.1) is 0 Å². The zero-order valence-electron chi connectivity index (χ0n) is 12.1. The molecule has 3 nitrogen and oxygen atoms in total. The zero-order chi connectivity index (χ0) is 14.0. The lowest BCUT2D eigenvalue weighted by molar-refractivity contribution is 0.0554. The van der Waals surface area contributed by atoms with Crippen molar-refractivity contribution in [2.45, 2.75) is 46.3 Å². The van der Waals surface area contributed by atoms with Crippen LogP contribution in [0.25, 0.3) is 0 Å². The largest absolute Gasteiger partial charge is 0.385 e. The van der Waals surface area contributed by atoms with E-state index in [0.717, 1.165) is 23.5 Å². The lowest BCUT2D eigenvalue weighted by atomic mass is 9.90. The Kier molecular flexibility index (Phi) is 3.76. The van der Waals surface area contributed by atoms with Crippen LogP contribution in [0, 0.1) is 13.8 Å². The fourth-order valence-electron chi connectivity index (χ4n) is 2.38. The molecule has 2 rings (SSSR count). The predicted octanol–water partition coefficient (Wildman–Crippen LogP) is 2.97. The maximum absolute atomic E-state index is 10.7. The first kappa shape index (κ1) is 13.8. The quantitative estimate of drug-likeness (QED) is 0.915. The summed E-state index contributed by atoms with van der Waals surface area (Å²) in [6.45, 7) is 8.79. The minimum Gasteiger partial charge on any atom is -0.385 e. The molecule has 0 aliphatic carbocycles. The topological polar surface area (TPSA) is 38.0 Å². The van der Waals surface area contributed by atoms with E-state index in [1.54, 1.807) is 0 Å². The lowest BCUT2D eigenvalue weighted by Gasteiger charge is -2.24. The molecule has 1 N–H and O–H groups in total. The van der Waals surface area contributed by atoms with Crippen molar-refractivity contribution in [1.29, 1.82) is 0 Å². The summed E-state index contributed by atoms with van der Waals surface area (Å²) in [5.74, 6) is 0. The third kappa shape index (κ3) is 3.04. The third-order valence-corrected chi connectivity index (χ3v) is 3.48. The number of aromatic nitrogens is 2. The smallest absolute Gasteiger partial charge is 0.0923 e. The summed E-state index contributed by atoms with van der Waals surface area (Å²) in [7, 11) is 0. The highest BCUT2D eigenvalue weighted by atomic mass is 16.3. The van der Waals surface area contributed by atoms with E-state index < -0.39 is 5.60 Å². The molecule has 1 aromatic heterocycles. The third-order valence-electron chi connectivity index (χ3n) is 3.48. The Hall–Kier alpha value is -1.61. The second-order valence-corrected chi connectivity index (χ2v) is 5.41. The van der Waals surface area contributed by atoms with Gasteiger partial charge in [-0.2, -0.15) is 5.10 Å². The number of nitrogens with zero attached hydrogens (tertiary/aromatic N) is 2. The lowest BCUT2D eigenvalue weighted by Crippen LogP contribution is -2.25. The van der Waals surface area contributed by atoms with Crippen molar-refractivity contribution in [2.24, 2.45) is 0 Å². The maximum Gasteiger partial charge on any atom is 0.0923 e. The molecule has 102 valence electrons. The number of hydrogen-bond acceptors (Lipinski definition) is 2. The molecule has 3 heteroatoms. The molecule has 2 aromatic rings. The van der Waals surface area contributed by atoms with Gasteiger partial charge in [0.25, 0.3) is 0 Å². The highest BCUT2D eigenvalue weighted by molar-refractivity contribution is 5.27. The van der Waals surface area contributed by atoms with Crippen molar-refractivity contribution in [1.82, 2.24) is 9.78 Å². The van der Waals surface area contributed by atoms with Gasteiger partial charge in [-0.25, -0.2) is 0 Å². The molecule has 1 heterocycles. The summed E-state index contributed by atoms with van der Waals surface area (Å²) < 4.78 is 1.96. The highest BCUT2D eigenvalue weighted by Crippen LogP contribution is 2.26. The van der Waals surface area contributed by atoms with Gasteiger partial charge in [0.15, 0.2) is 0 Å². The van der Waals surface area contributed by atoms with Gasteiger partial charge in [-0.1, -0.05) is 29.8 Å². The minimum atomic E-state index is -0.868. The monoisotopic (exact) mass is 258 g/mol. The second kappa shape index (κ2) is 5.17. The molecule has 1 aromatic carbocycles. The summed E-state index contributed by atoms with van der Waals surface area (Å²) in [4.78, 5) is 0. The molecule has 0 saturated carbocycles. The van der Waals surface area contributed by atoms with E-state index in [2.05, 4.69) is 12.0 Å². The predicted molar refractivity (Wildman–Crippen MR) is 77.1 cm³/mol. The Labute approximate surface area is 114 Å². The zero-order valence-corrected chi connectivity index (χ0v) is 12.1. The van der Waals surface area contributed by atoms with Gasteiger partial charge in [0.2, 0.25) is 0 Å². The maximum atomic E-state index is 10.7. The number of rotatable bonds is 4. The van der Waals surface area contributed by atoms with Crippen molar-refractivity contribution in [2.75, 3.05) is 0 Å². The van der Waals surface area contributed by atoms with Crippen LogP contribution in [-0.4, -0.2) is 14.9 Å². The van der Waals surface area contributed by atoms with Gasteiger partial charge in [0.1, 0.15) is 0 Å². The van der Waals surface area contributed by atoms with Gasteiger partial charge < -0.3 is 5.11 Å².